The summed E-state index contributed by atoms with van der Waals surface area (Å²) >= 11 is 1.60. The lowest BCUT2D eigenvalue weighted by atomic mass is 9.66. The molecule has 3 heterocycles. The fourth-order valence-electron chi connectivity index (χ4n) is 5.98. The molecule has 0 radical (unpaired) electrons. The van der Waals surface area contributed by atoms with E-state index in [0.29, 0.717) is 6.42 Å². The van der Waals surface area contributed by atoms with Crippen LogP contribution in [0.15, 0.2) is 30.3 Å². The van der Waals surface area contributed by atoms with Crippen LogP contribution in [0.1, 0.15) is 52.1 Å². The van der Waals surface area contributed by atoms with E-state index in [9.17, 15) is 19.5 Å². The highest BCUT2D eigenvalue weighted by Crippen LogP contribution is 2.72. The third-order valence-corrected chi connectivity index (χ3v) is 9.11. The van der Waals surface area contributed by atoms with Gasteiger partial charge in [0.05, 0.1) is 35.8 Å². The molecule has 2 N–H and O–H groups in total. The maximum Gasteiger partial charge on any atom is 0.311 e. The Morgan fingerprint density at radius 1 is 1.28 bits per heavy atom. The Balaban J connectivity index is 1.83. The number of hydrogen-bond acceptors (Lipinski definition) is 6. The maximum atomic E-state index is 14.0. The Morgan fingerprint density at radius 3 is 2.56 bits per heavy atom. The van der Waals surface area contributed by atoms with Crippen molar-refractivity contribution in [1.29, 1.82) is 0 Å². The minimum absolute atomic E-state index is 0.0979. The van der Waals surface area contributed by atoms with Crippen molar-refractivity contribution in [1.82, 2.24) is 10.2 Å². The Hall–Kier alpha value is -2.06. The van der Waals surface area contributed by atoms with Crippen LogP contribution in [0.4, 0.5) is 0 Å². The zero-order valence-electron chi connectivity index (χ0n) is 19.0. The smallest absolute Gasteiger partial charge is 0.311 e. The fourth-order valence-corrected chi connectivity index (χ4v) is 8.31. The van der Waals surface area contributed by atoms with Gasteiger partial charge in [-0.15, -0.1) is 11.8 Å². The highest BCUT2D eigenvalue weighted by Gasteiger charge is 2.78. The summed E-state index contributed by atoms with van der Waals surface area (Å²) in [6.45, 7) is 7.48. The SMILES string of the molecule is CCOC(=O)[C@H]1[C@H]2C(=O)N([C@H](CO)c3ccccc3)C(C(=O)NC(C)C)C23CC[C@]1(C)S3. The van der Waals surface area contributed by atoms with Crippen molar-refractivity contribution in [2.24, 2.45) is 11.8 Å². The summed E-state index contributed by atoms with van der Waals surface area (Å²) in [7, 11) is 0. The number of esters is 1. The Labute approximate surface area is 193 Å². The molecule has 1 spiro atoms. The minimum Gasteiger partial charge on any atom is -0.466 e. The summed E-state index contributed by atoms with van der Waals surface area (Å²) in [5.74, 6) is -2.10. The first-order valence-corrected chi connectivity index (χ1v) is 12.2. The zero-order valence-corrected chi connectivity index (χ0v) is 19.9. The van der Waals surface area contributed by atoms with Gasteiger partial charge in [-0.1, -0.05) is 30.3 Å². The number of thioether (sulfide) groups is 1. The molecule has 3 aliphatic rings. The van der Waals surface area contributed by atoms with Crippen LogP contribution >= 0.6 is 11.8 Å². The van der Waals surface area contributed by atoms with Crippen LogP contribution in [-0.4, -0.2) is 62.6 Å². The van der Waals surface area contributed by atoms with Crippen molar-refractivity contribution in [3.05, 3.63) is 35.9 Å². The van der Waals surface area contributed by atoms with E-state index in [1.54, 1.807) is 23.6 Å². The third-order valence-electron chi connectivity index (χ3n) is 7.13. The molecule has 0 aliphatic carbocycles. The Kier molecular flexibility index (Phi) is 6.05. The molecule has 2 unspecified atom stereocenters. The number of carbonyl (C=O) groups is 3. The van der Waals surface area contributed by atoms with Crippen molar-refractivity contribution in [2.75, 3.05) is 13.2 Å². The molecule has 1 aromatic carbocycles. The minimum atomic E-state index is -0.772. The van der Waals surface area contributed by atoms with Gasteiger partial charge in [0.25, 0.3) is 0 Å². The first-order valence-electron chi connectivity index (χ1n) is 11.4. The molecule has 3 aliphatic heterocycles. The number of aliphatic hydroxyl groups excluding tert-OH is 1. The monoisotopic (exact) mass is 460 g/mol. The number of amides is 2. The highest BCUT2D eigenvalue weighted by atomic mass is 32.2. The van der Waals surface area contributed by atoms with Crippen LogP contribution in [0.3, 0.4) is 0 Å². The van der Waals surface area contributed by atoms with Crippen molar-refractivity contribution in [2.45, 2.75) is 68.2 Å². The molecule has 174 valence electrons. The van der Waals surface area contributed by atoms with Crippen molar-refractivity contribution < 1.29 is 24.2 Å². The first kappa shape index (κ1) is 23.1. The van der Waals surface area contributed by atoms with Crippen LogP contribution in [0.5, 0.6) is 0 Å². The summed E-state index contributed by atoms with van der Waals surface area (Å²) in [5.41, 5.74) is 0.764. The molecule has 3 saturated heterocycles. The number of likely N-dealkylation sites (tertiary alicyclic amines) is 1. The van der Waals surface area contributed by atoms with Gasteiger partial charge in [-0.25, -0.2) is 0 Å². The van der Waals surface area contributed by atoms with Crippen LogP contribution in [0, 0.1) is 11.8 Å². The normalized spacial score (nSPS) is 34.0. The van der Waals surface area contributed by atoms with Gasteiger partial charge in [0.15, 0.2) is 0 Å². The van der Waals surface area contributed by atoms with E-state index in [-0.39, 0.29) is 37.0 Å². The summed E-state index contributed by atoms with van der Waals surface area (Å²) in [6, 6.07) is 7.74. The molecule has 2 amide bonds. The summed E-state index contributed by atoms with van der Waals surface area (Å²) < 4.78 is 4.23. The van der Waals surface area contributed by atoms with E-state index in [0.717, 1.165) is 12.0 Å². The lowest BCUT2D eigenvalue weighted by Gasteiger charge is -2.37. The van der Waals surface area contributed by atoms with E-state index in [2.05, 4.69) is 5.32 Å². The number of nitrogens with zero attached hydrogens (tertiary/aromatic N) is 1. The predicted octanol–water partition coefficient (Wildman–Crippen LogP) is 2.29. The molecular formula is C24H32N2O5S. The second-order valence-corrected chi connectivity index (χ2v) is 11.4. The molecule has 7 nitrogen and oxygen atoms in total. The van der Waals surface area contributed by atoms with Gasteiger partial charge >= 0.3 is 5.97 Å². The van der Waals surface area contributed by atoms with Crippen molar-refractivity contribution in [3.8, 4) is 0 Å². The number of aliphatic hydroxyl groups is 1. The number of rotatable bonds is 7. The van der Waals surface area contributed by atoms with E-state index in [4.69, 9.17) is 4.74 Å². The Bertz CT molecular complexity index is 909. The molecule has 2 bridgehead atoms. The number of hydrogen-bond donors (Lipinski definition) is 2. The molecule has 8 heteroatoms. The average Bonchev–Trinajstić information content (AvgIpc) is 3.30. The van der Waals surface area contributed by atoms with Gasteiger partial charge in [-0.2, -0.15) is 0 Å². The molecule has 0 saturated carbocycles. The van der Waals surface area contributed by atoms with Crippen molar-refractivity contribution >= 4 is 29.5 Å². The highest BCUT2D eigenvalue weighted by molar-refractivity contribution is 8.02. The van der Waals surface area contributed by atoms with Gasteiger partial charge in [0, 0.05) is 10.8 Å². The third kappa shape index (κ3) is 3.34. The van der Waals surface area contributed by atoms with Crippen LogP contribution in [-0.2, 0) is 19.1 Å². The van der Waals surface area contributed by atoms with E-state index < -0.39 is 33.4 Å². The van der Waals surface area contributed by atoms with Gasteiger partial charge < -0.3 is 20.1 Å². The maximum absolute atomic E-state index is 14.0. The van der Waals surface area contributed by atoms with Gasteiger partial charge in [-0.3, -0.25) is 14.4 Å². The number of benzene rings is 1. The molecule has 1 aromatic rings. The summed E-state index contributed by atoms with van der Waals surface area (Å²) in [5, 5.41) is 13.3. The molecule has 0 aromatic heterocycles. The van der Waals surface area contributed by atoms with E-state index in [1.165, 1.54) is 0 Å². The summed E-state index contributed by atoms with van der Waals surface area (Å²) in [4.78, 5) is 42.2. The topological polar surface area (TPSA) is 95.9 Å². The fraction of sp³-hybridized carbons (Fsp3) is 0.625. The Morgan fingerprint density at radius 2 is 1.97 bits per heavy atom. The molecular weight excluding hydrogens is 428 g/mol. The van der Waals surface area contributed by atoms with Crippen LogP contribution in [0.2, 0.25) is 0 Å². The van der Waals surface area contributed by atoms with Crippen LogP contribution in [0.25, 0.3) is 0 Å². The number of carbonyl (C=O) groups excluding carboxylic acids is 3. The van der Waals surface area contributed by atoms with Gasteiger partial charge in [0.2, 0.25) is 11.8 Å². The van der Waals surface area contributed by atoms with Gasteiger partial charge in [0.1, 0.15) is 6.04 Å². The number of ether oxygens (including phenoxy) is 1. The number of nitrogens with one attached hydrogen (secondary N) is 1. The molecule has 32 heavy (non-hydrogen) atoms. The largest absolute Gasteiger partial charge is 0.466 e. The second-order valence-electron chi connectivity index (χ2n) is 9.50. The molecule has 4 rings (SSSR count). The van der Waals surface area contributed by atoms with E-state index in [1.807, 2.05) is 51.1 Å². The summed E-state index contributed by atoms with van der Waals surface area (Å²) in [6.07, 6.45) is 1.40. The van der Waals surface area contributed by atoms with Crippen molar-refractivity contribution in [3.63, 3.8) is 0 Å². The van der Waals surface area contributed by atoms with E-state index >= 15 is 0 Å². The lowest BCUT2D eigenvalue weighted by Crippen LogP contribution is -2.55. The zero-order chi connectivity index (χ0) is 23.3. The standard InChI is InChI=1S/C24H32N2O5S/c1-5-31-22(30)18-17-21(29)26(16(13-27)15-9-7-6-8-10-15)19(20(28)25-14(2)3)24(17)12-11-23(18,4)32-24/h6-10,14,16-19,27H,5,11-13H2,1-4H3,(H,25,28)/t16-,17+,18-,19?,23+,24?/m1/s1. The average molecular weight is 461 g/mol. The first-order chi connectivity index (χ1) is 15.2. The molecule has 6 atom stereocenters. The predicted molar refractivity (Wildman–Crippen MR) is 122 cm³/mol. The number of fused-ring (bicyclic) bond motifs is 1. The lowest BCUT2D eigenvalue weighted by molar-refractivity contribution is -0.155. The van der Waals surface area contributed by atoms with Crippen LogP contribution < -0.4 is 5.32 Å². The molecule has 3 fully saturated rings. The van der Waals surface area contributed by atoms with Gasteiger partial charge in [-0.05, 0) is 46.1 Å². The quantitative estimate of drug-likeness (QED) is 0.606. The second kappa shape index (κ2) is 8.37.